The molecule has 0 saturated carbocycles. The highest BCUT2D eigenvalue weighted by Gasteiger charge is 2.28. The van der Waals surface area contributed by atoms with E-state index in [-0.39, 0.29) is 23.4 Å². The molecule has 3 aromatic rings. The Morgan fingerprint density at radius 3 is 2.58 bits per heavy atom. The summed E-state index contributed by atoms with van der Waals surface area (Å²) in [7, 11) is 0. The average Bonchev–Trinajstić information content (AvgIpc) is 3.49. The lowest BCUT2D eigenvalue weighted by molar-refractivity contribution is 0.0644. The number of likely N-dealkylation sites (tertiary alicyclic amines) is 2. The van der Waals surface area contributed by atoms with Gasteiger partial charge in [-0.15, -0.1) is 0 Å². The number of piperidine rings is 1. The molecule has 0 unspecified atom stereocenters. The van der Waals surface area contributed by atoms with Crippen molar-refractivity contribution in [3.8, 4) is 16.9 Å². The first-order valence-corrected chi connectivity index (χ1v) is 13.8. The van der Waals surface area contributed by atoms with Crippen LogP contribution in [0.5, 0.6) is 5.75 Å². The van der Waals surface area contributed by atoms with Crippen LogP contribution in [-0.2, 0) is 6.42 Å². The second-order valence-corrected chi connectivity index (χ2v) is 10.7. The molecule has 0 radical (unpaired) electrons. The van der Waals surface area contributed by atoms with E-state index >= 15 is 0 Å². The summed E-state index contributed by atoms with van der Waals surface area (Å²) >= 11 is 12.2. The van der Waals surface area contributed by atoms with Crippen molar-refractivity contribution in [1.29, 1.82) is 0 Å². The number of carbonyl (C=O) groups excluding carboxylic acids is 1. The second kappa shape index (κ2) is 11.9. The van der Waals surface area contributed by atoms with Crippen LogP contribution in [0.2, 0.25) is 10.0 Å². The third-order valence-electron chi connectivity index (χ3n) is 7.48. The van der Waals surface area contributed by atoms with Gasteiger partial charge in [-0.05, 0) is 80.2 Å². The Balaban J connectivity index is 1.24. The number of ether oxygens (including phenoxy) is 1. The number of nitrogens with two attached hydrogens (primary N) is 1. The maximum Gasteiger partial charge on any atom is 0.253 e. The van der Waals surface area contributed by atoms with Gasteiger partial charge in [0.05, 0.1) is 11.6 Å². The summed E-state index contributed by atoms with van der Waals surface area (Å²) in [5.74, 6) is 0.153. The number of pyridine rings is 1. The van der Waals surface area contributed by atoms with E-state index in [2.05, 4.69) is 9.88 Å². The average molecular weight is 557 g/mol. The first kappa shape index (κ1) is 26.7. The van der Waals surface area contributed by atoms with Crippen LogP contribution in [0.3, 0.4) is 0 Å². The minimum absolute atomic E-state index is 0.0114. The number of hydrogen-bond donors (Lipinski definition) is 1. The summed E-state index contributed by atoms with van der Waals surface area (Å²) < 4.78 is 19.7. The van der Waals surface area contributed by atoms with Gasteiger partial charge in [0.25, 0.3) is 5.91 Å². The van der Waals surface area contributed by atoms with Crippen LogP contribution >= 0.6 is 23.2 Å². The minimum atomic E-state index is -0.528. The van der Waals surface area contributed by atoms with Gasteiger partial charge in [0.1, 0.15) is 5.82 Å². The summed E-state index contributed by atoms with van der Waals surface area (Å²) in [6.45, 7) is 4.13. The molecule has 5 rings (SSSR count). The fourth-order valence-corrected chi connectivity index (χ4v) is 5.90. The number of carbonyl (C=O) groups is 1. The molecule has 0 spiro atoms. The molecule has 2 aliphatic heterocycles. The molecule has 2 aromatic carbocycles. The molecular formula is C29H31Cl2FN4O2. The third-order valence-corrected chi connectivity index (χ3v) is 8.24. The van der Waals surface area contributed by atoms with Gasteiger partial charge in [-0.3, -0.25) is 4.79 Å². The molecule has 1 aromatic heterocycles. The van der Waals surface area contributed by atoms with Crippen LogP contribution in [0.4, 0.5) is 10.2 Å². The zero-order valence-electron chi connectivity index (χ0n) is 21.1. The predicted octanol–water partition coefficient (Wildman–Crippen LogP) is 6.10. The molecule has 2 saturated heterocycles. The summed E-state index contributed by atoms with van der Waals surface area (Å²) in [5, 5.41) is 0.365. The molecule has 200 valence electrons. The number of halogens is 3. The number of aromatic nitrogens is 1. The van der Waals surface area contributed by atoms with Gasteiger partial charge < -0.3 is 20.3 Å². The van der Waals surface area contributed by atoms with Crippen molar-refractivity contribution in [1.82, 2.24) is 14.8 Å². The molecule has 1 amide bonds. The topological polar surface area (TPSA) is 71.7 Å². The number of amides is 1. The highest BCUT2D eigenvalue weighted by molar-refractivity contribution is 6.36. The summed E-state index contributed by atoms with van der Waals surface area (Å²) in [4.78, 5) is 22.1. The van der Waals surface area contributed by atoms with Crippen LogP contribution in [-0.4, -0.2) is 59.5 Å². The van der Waals surface area contributed by atoms with Gasteiger partial charge in [0, 0.05) is 47.9 Å². The first-order chi connectivity index (χ1) is 18.4. The molecular weight excluding hydrogens is 526 g/mol. The van der Waals surface area contributed by atoms with E-state index in [4.69, 9.17) is 33.7 Å². The van der Waals surface area contributed by atoms with E-state index in [0.29, 0.717) is 34.4 Å². The lowest BCUT2D eigenvalue weighted by Gasteiger charge is -2.36. The van der Waals surface area contributed by atoms with Gasteiger partial charge >= 0.3 is 0 Å². The Bertz CT molecular complexity index is 1310. The number of rotatable bonds is 7. The standard InChI is InChI=1S/C29H31Cl2FN4O2/c30-24-6-7-25(32)27(31)23(24)10-15-38-26-17-21(18-34-28(26)33)19-4-3-5-20(16-19)29(37)36-13-8-22(9-14-36)35-11-1-2-12-35/h3-7,16-18,22H,1-2,8-15H2,(H2,33,34). The first-order valence-electron chi connectivity index (χ1n) is 13.0. The van der Waals surface area contributed by atoms with Crippen LogP contribution in [0.1, 0.15) is 41.6 Å². The normalized spacial score (nSPS) is 16.7. The molecule has 0 aliphatic carbocycles. The van der Waals surface area contributed by atoms with E-state index in [1.54, 1.807) is 12.3 Å². The quantitative estimate of drug-likeness (QED) is 0.356. The van der Waals surface area contributed by atoms with E-state index in [9.17, 15) is 9.18 Å². The van der Waals surface area contributed by atoms with Crippen molar-refractivity contribution in [2.75, 3.05) is 38.5 Å². The Labute approximate surface area is 232 Å². The van der Waals surface area contributed by atoms with Gasteiger partial charge in [-0.1, -0.05) is 35.3 Å². The Kier molecular flexibility index (Phi) is 8.36. The van der Waals surface area contributed by atoms with Crippen LogP contribution in [0.25, 0.3) is 11.1 Å². The molecule has 9 heteroatoms. The molecule has 0 atom stereocenters. The molecule has 2 fully saturated rings. The summed E-state index contributed by atoms with van der Waals surface area (Å²) in [6, 6.07) is 12.6. The largest absolute Gasteiger partial charge is 0.489 e. The lowest BCUT2D eigenvalue weighted by Crippen LogP contribution is -2.45. The highest BCUT2D eigenvalue weighted by atomic mass is 35.5. The maximum atomic E-state index is 13.8. The van der Waals surface area contributed by atoms with Crippen molar-refractivity contribution >= 4 is 34.9 Å². The van der Waals surface area contributed by atoms with Crippen LogP contribution in [0.15, 0.2) is 48.7 Å². The molecule has 38 heavy (non-hydrogen) atoms. The zero-order valence-corrected chi connectivity index (χ0v) is 22.6. The van der Waals surface area contributed by atoms with Gasteiger partial charge in [-0.25, -0.2) is 9.37 Å². The van der Waals surface area contributed by atoms with Crippen molar-refractivity contribution in [2.45, 2.75) is 38.1 Å². The number of benzene rings is 2. The second-order valence-electron chi connectivity index (χ2n) is 9.87. The van der Waals surface area contributed by atoms with Crippen LogP contribution in [0, 0.1) is 5.82 Å². The molecule has 2 N–H and O–H groups in total. The van der Waals surface area contributed by atoms with Crippen molar-refractivity contribution in [3.05, 3.63) is 75.7 Å². The lowest BCUT2D eigenvalue weighted by atomic mass is 10.0. The van der Waals surface area contributed by atoms with Gasteiger partial charge in [0.2, 0.25) is 0 Å². The van der Waals surface area contributed by atoms with E-state index < -0.39 is 5.82 Å². The minimum Gasteiger partial charge on any atom is -0.489 e. The Hall–Kier alpha value is -2.87. The number of hydrogen-bond acceptors (Lipinski definition) is 5. The highest BCUT2D eigenvalue weighted by Crippen LogP contribution is 2.31. The predicted molar refractivity (Wildman–Crippen MR) is 149 cm³/mol. The fraction of sp³-hybridized carbons (Fsp3) is 0.379. The number of nitrogens with zero attached hydrogens (tertiary/aromatic N) is 3. The Morgan fingerprint density at radius 2 is 1.82 bits per heavy atom. The smallest absolute Gasteiger partial charge is 0.253 e. The van der Waals surface area contributed by atoms with Gasteiger partial charge in [-0.2, -0.15) is 0 Å². The molecule has 3 heterocycles. The number of nitrogen functional groups attached to an aromatic ring is 1. The fourth-order valence-electron chi connectivity index (χ4n) is 5.35. The SMILES string of the molecule is Nc1ncc(-c2cccc(C(=O)N3CCC(N4CCCC4)CC3)c2)cc1OCCc1c(Cl)ccc(F)c1Cl. The zero-order chi connectivity index (χ0) is 26.6. The van der Waals surface area contributed by atoms with E-state index in [1.165, 1.54) is 38.1 Å². The van der Waals surface area contributed by atoms with Crippen LogP contribution < -0.4 is 10.5 Å². The van der Waals surface area contributed by atoms with Crippen molar-refractivity contribution < 1.29 is 13.9 Å². The van der Waals surface area contributed by atoms with E-state index in [0.717, 1.165) is 37.1 Å². The van der Waals surface area contributed by atoms with Crippen molar-refractivity contribution in [3.63, 3.8) is 0 Å². The van der Waals surface area contributed by atoms with Gasteiger partial charge in [0.15, 0.2) is 11.6 Å². The molecule has 2 aliphatic rings. The van der Waals surface area contributed by atoms with E-state index in [1.807, 2.05) is 29.2 Å². The summed E-state index contributed by atoms with van der Waals surface area (Å²) in [6.07, 6.45) is 6.59. The monoisotopic (exact) mass is 556 g/mol. The number of anilines is 1. The Morgan fingerprint density at radius 1 is 1.05 bits per heavy atom. The summed E-state index contributed by atoms with van der Waals surface area (Å²) in [5.41, 5.74) is 8.80. The maximum absolute atomic E-state index is 13.8. The molecule has 0 bridgehead atoms. The molecule has 6 nitrogen and oxygen atoms in total. The van der Waals surface area contributed by atoms with Crippen molar-refractivity contribution in [2.24, 2.45) is 0 Å². The third kappa shape index (κ3) is 5.90.